The summed E-state index contributed by atoms with van der Waals surface area (Å²) < 4.78 is 0. The predicted octanol–water partition coefficient (Wildman–Crippen LogP) is 3.14. The van der Waals surface area contributed by atoms with Crippen molar-refractivity contribution in [2.24, 2.45) is 23.7 Å². The van der Waals surface area contributed by atoms with Crippen LogP contribution >= 0.6 is 0 Å². The lowest BCUT2D eigenvalue weighted by molar-refractivity contribution is 0.530. The number of hydrogen-bond donors (Lipinski definition) is 0. The third kappa shape index (κ3) is 0.522. The van der Waals surface area contributed by atoms with Crippen LogP contribution < -0.4 is 0 Å². The molecular weight excluding hydrogens is 144 g/mol. The van der Waals surface area contributed by atoms with Crippen molar-refractivity contribution >= 4 is 0 Å². The van der Waals surface area contributed by atoms with E-state index in [-0.39, 0.29) is 0 Å². The third-order valence-electron chi connectivity index (χ3n) is 4.96. The maximum Gasteiger partial charge on any atom is -0.0192 e. The lowest BCUT2D eigenvalue weighted by atomic mass is 9.82. The van der Waals surface area contributed by atoms with Crippen molar-refractivity contribution in [2.75, 3.05) is 0 Å². The van der Waals surface area contributed by atoms with Crippen LogP contribution in [0.3, 0.4) is 0 Å². The van der Waals surface area contributed by atoms with Crippen molar-refractivity contribution in [1.29, 1.82) is 0 Å². The summed E-state index contributed by atoms with van der Waals surface area (Å²) in [6.45, 7) is 0. The second-order valence-electron chi connectivity index (χ2n) is 5.32. The number of allylic oxidation sites excluding steroid dienone is 2. The van der Waals surface area contributed by atoms with Crippen LogP contribution in [0.15, 0.2) is 11.1 Å². The van der Waals surface area contributed by atoms with Gasteiger partial charge in [-0.05, 0) is 62.2 Å². The molecule has 0 heterocycles. The Morgan fingerprint density at radius 1 is 0.583 bits per heavy atom. The maximum atomic E-state index is 2.00. The average Bonchev–Trinajstić information content (AvgIpc) is 2.83. The van der Waals surface area contributed by atoms with Crippen molar-refractivity contribution in [2.45, 2.75) is 38.5 Å². The van der Waals surface area contributed by atoms with Crippen molar-refractivity contribution in [3.05, 3.63) is 11.1 Å². The summed E-state index contributed by atoms with van der Waals surface area (Å²) in [5.41, 5.74) is 4.00. The standard InChI is InChI=1S/C12H16/c1-2-8-5-7(1)11-9-3-4-10(6-9)12(8)11/h7-10H,1-6H2/t7-,8-,9-,10-/m0/s1. The second-order valence-corrected chi connectivity index (χ2v) is 5.32. The molecule has 0 radical (unpaired) electrons. The van der Waals surface area contributed by atoms with Crippen molar-refractivity contribution in [3.63, 3.8) is 0 Å². The van der Waals surface area contributed by atoms with Crippen LogP contribution in [0.5, 0.6) is 0 Å². The summed E-state index contributed by atoms with van der Waals surface area (Å²) in [6.07, 6.45) is 9.33. The lowest BCUT2D eigenvalue weighted by Crippen LogP contribution is -2.10. The summed E-state index contributed by atoms with van der Waals surface area (Å²) >= 11 is 0. The summed E-state index contributed by atoms with van der Waals surface area (Å²) in [7, 11) is 0. The predicted molar refractivity (Wildman–Crippen MR) is 48.7 cm³/mol. The van der Waals surface area contributed by atoms with Gasteiger partial charge in [-0.25, -0.2) is 0 Å². The second kappa shape index (κ2) is 1.81. The molecule has 0 nitrogen and oxygen atoms in total. The van der Waals surface area contributed by atoms with Crippen LogP contribution in [0.4, 0.5) is 0 Å². The van der Waals surface area contributed by atoms with Gasteiger partial charge in [-0.15, -0.1) is 0 Å². The zero-order valence-corrected chi connectivity index (χ0v) is 7.55. The van der Waals surface area contributed by atoms with Crippen molar-refractivity contribution in [1.82, 2.24) is 0 Å². The summed E-state index contributed by atoms with van der Waals surface area (Å²) in [5, 5.41) is 0. The molecule has 0 amide bonds. The molecular formula is C12H16. The zero-order valence-electron chi connectivity index (χ0n) is 7.55. The Labute approximate surface area is 74.0 Å². The van der Waals surface area contributed by atoms with Gasteiger partial charge in [0.1, 0.15) is 0 Å². The molecule has 4 aliphatic rings. The van der Waals surface area contributed by atoms with E-state index in [0.29, 0.717) is 0 Å². The number of rotatable bonds is 0. The highest BCUT2D eigenvalue weighted by Crippen LogP contribution is 2.63. The van der Waals surface area contributed by atoms with Crippen LogP contribution in [-0.2, 0) is 0 Å². The summed E-state index contributed by atoms with van der Waals surface area (Å²) in [4.78, 5) is 0. The van der Waals surface area contributed by atoms with E-state index >= 15 is 0 Å². The van der Waals surface area contributed by atoms with E-state index in [2.05, 4.69) is 0 Å². The van der Waals surface area contributed by atoms with E-state index in [1.165, 1.54) is 0 Å². The fourth-order valence-corrected chi connectivity index (χ4v) is 4.70. The molecule has 0 spiro atoms. The monoisotopic (exact) mass is 160 g/mol. The van der Waals surface area contributed by atoms with Crippen LogP contribution in [0.2, 0.25) is 0 Å². The van der Waals surface area contributed by atoms with Gasteiger partial charge in [-0.3, -0.25) is 0 Å². The van der Waals surface area contributed by atoms with E-state index < -0.39 is 0 Å². The first-order chi connectivity index (χ1) is 5.93. The van der Waals surface area contributed by atoms with E-state index in [4.69, 9.17) is 0 Å². The highest BCUT2D eigenvalue weighted by Gasteiger charge is 2.50. The largest absolute Gasteiger partial charge is 0.0642 e. The number of hydrogen-bond acceptors (Lipinski definition) is 0. The molecule has 0 aromatic rings. The normalized spacial score (nSPS) is 54.0. The minimum atomic E-state index is 1.08. The molecule has 12 heavy (non-hydrogen) atoms. The van der Waals surface area contributed by atoms with Gasteiger partial charge < -0.3 is 0 Å². The van der Waals surface area contributed by atoms with E-state index in [1.807, 2.05) is 11.1 Å². The molecule has 0 unspecified atom stereocenters. The van der Waals surface area contributed by atoms with Gasteiger partial charge in [-0.2, -0.15) is 0 Å². The first-order valence-corrected chi connectivity index (χ1v) is 5.67. The van der Waals surface area contributed by atoms with E-state index in [1.54, 1.807) is 38.5 Å². The van der Waals surface area contributed by atoms with Crippen LogP contribution in [0, 0.1) is 23.7 Å². The highest BCUT2D eigenvalue weighted by molar-refractivity contribution is 5.39. The molecule has 0 saturated heterocycles. The van der Waals surface area contributed by atoms with Gasteiger partial charge in [0.2, 0.25) is 0 Å². The van der Waals surface area contributed by atoms with Gasteiger partial charge >= 0.3 is 0 Å². The van der Waals surface area contributed by atoms with Gasteiger partial charge in [0.15, 0.2) is 0 Å². The molecule has 0 aliphatic heterocycles. The Morgan fingerprint density at radius 3 is 1.25 bits per heavy atom. The van der Waals surface area contributed by atoms with Crippen LogP contribution in [0.25, 0.3) is 0 Å². The molecule has 64 valence electrons. The first-order valence-electron chi connectivity index (χ1n) is 5.67. The summed E-state index contributed by atoms with van der Waals surface area (Å²) in [6, 6.07) is 0. The Morgan fingerprint density at radius 2 is 0.917 bits per heavy atom. The molecule has 4 bridgehead atoms. The Balaban J connectivity index is 1.90. The molecule has 0 aromatic carbocycles. The maximum absolute atomic E-state index is 2.00. The van der Waals surface area contributed by atoms with Gasteiger partial charge in [0.05, 0.1) is 0 Å². The third-order valence-corrected chi connectivity index (χ3v) is 4.96. The van der Waals surface area contributed by atoms with Crippen molar-refractivity contribution < 1.29 is 0 Å². The molecule has 0 N–H and O–H groups in total. The fraction of sp³-hybridized carbons (Fsp3) is 0.833. The number of fused-ring (bicyclic) bond motifs is 8. The Hall–Kier alpha value is -0.260. The highest BCUT2D eigenvalue weighted by atomic mass is 14.6. The van der Waals surface area contributed by atoms with E-state index in [0.717, 1.165) is 23.7 Å². The zero-order chi connectivity index (χ0) is 7.71. The SMILES string of the molecule is C1C[C@H]2C[C@H]1C1=C2[C@H]2CC[C@H]1C2. The molecule has 4 aliphatic carbocycles. The topological polar surface area (TPSA) is 0 Å². The summed E-state index contributed by atoms with van der Waals surface area (Å²) in [5.74, 6) is 4.33. The van der Waals surface area contributed by atoms with Gasteiger partial charge in [0.25, 0.3) is 0 Å². The van der Waals surface area contributed by atoms with Crippen LogP contribution in [-0.4, -0.2) is 0 Å². The Kier molecular flexibility index (Phi) is 0.939. The smallest absolute Gasteiger partial charge is 0.0192 e. The van der Waals surface area contributed by atoms with Gasteiger partial charge in [-0.1, -0.05) is 11.1 Å². The lowest BCUT2D eigenvalue weighted by Gasteiger charge is -2.23. The van der Waals surface area contributed by atoms with Crippen molar-refractivity contribution in [3.8, 4) is 0 Å². The first kappa shape index (κ1) is 6.23. The molecule has 4 rings (SSSR count). The quantitative estimate of drug-likeness (QED) is 0.377. The average molecular weight is 160 g/mol. The molecule has 0 aromatic heterocycles. The van der Waals surface area contributed by atoms with Gasteiger partial charge in [0, 0.05) is 0 Å². The van der Waals surface area contributed by atoms with Crippen LogP contribution in [0.1, 0.15) is 38.5 Å². The van der Waals surface area contributed by atoms with E-state index in [9.17, 15) is 0 Å². The Bertz CT molecular complexity index is 222. The fourth-order valence-electron chi connectivity index (χ4n) is 4.70. The molecule has 4 atom stereocenters. The molecule has 0 heteroatoms. The minimum Gasteiger partial charge on any atom is -0.0642 e. The minimum absolute atomic E-state index is 1.08. The molecule has 2 saturated carbocycles. The molecule has 2 fully saturated rings.